The maximum Gasteiger partial charge on any atom is 0.335 e. The lowest BCUT2D eigenvalue weighted by Crippen LogP contribution is -2.26. The number of carboxylic acid groups (broad SMARTS) is 1. The number of hydrogen-bond donors (Lipinski definition) is 2. The monoisotopic (exact) mass is 275 g/mol. The van der Waals surface area contributed by atoms with Crippen LogP contribution < -0.4 is 5.32 Å². The first-order valence-corrected chi connectivity index (χ1v) is 7.12. The van der Waals surface area contributed by atoms with Gasteiger partial charge in [0.1, 0.15) is 0 Å². The zero-order chi connectivity index (χ0) is 14.7. The summed E-state index contributed by atoms with van der Waals surface area (Å²) in [5.41, 5.74) is 1.73. The van der Waals surface area contributed by atoms with E-state index in [1.807, 2.05) is 6.92 Å². The predicted molar refractivity (Wildman–Crippen MR) is 77.9 cm³/mol. The van der Waals surface area contributed by atoms with E-state index in [-0.39, 0.29) is 17.4 Å². The molecule has 0 unspecified atom stereocenters. The van der Waals surface area contributed by atoms with Crippen LogP contribution in [0.4, 0.5) is 5.69 Å². The Balaban J connectivity index is 2.02. The van der Waals surface area contributed by atoms with Crippen molar-refractivity contribution in [1.82, 2.24) is 0 Å². The van der Waals surface area contributed by atoms with Crippen LogP contribution in [0.1, 0.15) is 48.5 Å². The number of aryl methyl sites for hydroxylation is 1. The zero-order valence-corrected chi connectivity index (χ0v) is 12.0. The van der Waals surface area contributed by atoms with Crippen LogP contribution in [0, 0.1) is 18.8 Å². The third-order valence-corrected chi connectivity index (χ3v) is 4.12. The highest BCUT2D eigenvalue weighted by molar-refractivity contribution is 5.94. The van der Waals surface area contributed by atoms with E-state index in [2.05, 4.69) is 12.2 Å². The van der Waals surface area contributed by atoms with Crippen LogP contribution in [0.25, 0.3) is 0 Å². The van der Waals surface area contributed by atoms with Gasteiger partial charge in [-0.1, -0.05) is 6.92 Å². The predicted octanol–water partition coefficient (Wildman–Crippen LogP) is 3.46. The molecule has 108 valence electrons. The molecule has 1 amide bonds. The van der Waals surface area contributed by atoms with E-state index in [9.17, 15) is 9.59 Å². The second kappa shape index (κ2) is 6.07. The largest absolute Gasteiger partial charge is 0.478 e. The summed E-state index contributed by atoms with van der Waals surface area (Å²) < 4.78 is 0. The van der Waals surface area contributed by atoms with Gasteiger partial charge in [0.2, 0.25) is 5.91 Å². The van der Waals surface area contributed by atoms with E-state index in [1.165, 1.54) is 6.07 Å². The Morgan fingerprint density at radius 3 is 2.40 bits per heavy atom. The molecule has 1 aromatic rings. The molecule has 4 nitrogen and oxygen atoms in total. The Morgan fingerprint density at radius 2 is 1.85 bits per heavy atom. The van der Waals surface area contributed by atoms with Gasteiger partial charge in [-0.25, -0.2) is 4.79 Å². The highest BCUT2D eigenvalue weighted by Gasteiger charge is 2.24. The molecule has 0 spiro atoms. The quantitative estimate of drug-likeness (QED) is 0.887. The van der Waals surface area contributed by atoms with Crippen molar-refractivity contribution in [2.45, 2.75) is 39.5 Å². The first-order chi connectivity index (χ1) is 9.47. The van der Waals surface area contributed by atoms with E-state index in [1.54, 1.807) is 12.1 Å². The molecule has 1 saturated carbocycles. The molecular weight excluding hydrogens is 254 g/mol. The summed E-state index contributed by atoms with van der Waals surface area (Å²) in [6.45, 7) is 4.04. The Morgan fingerprint density at radius 1 is 1.20 bits per heavy atom. The van der Waals surface area contributed by atoms with Crippen molar-refractivity contribution in [2.24, 2.45) is 11.8 Å². The van der Waals surface area contributed by atoms with Gasteiger partial charge in [0.25, 0.3) is 0 Å². The van der Waals surface area contributed by atoms with Gasteiger partial charge in [0, 0.05) is 11.6 Å². The average molecular weight is 275 g/mol. The Hall–Kier alpha value is -1.84. The second-order valence-corrected chi connectivity index (χ2v) is 5.78. The van der Waals surface area contributed by atoms with Crippen molar-refractivity contribution in [3.63, 3.8) is 0 Å². The van der Waals surface area contributed by atoms with Gasteiger partial charge in [0.15, 0.2) is 0 Å². The van der Waals surface area contributed by atoms with Gasteiger partial charge >= 0.3 is 5.97 Å². The van der Waals surface area contributed by atoms with Crippen molar-refractivity contribution in [1.29, 1.82) is 0 Å². The molecule has 1 aromatic carbocycles. The van der Waals surface area contributed by atoms with Crippen molar-refractivity contribution in [3.8, 4) is 0 Å². The maximum atomic E-state index is 12.2. The SMILES string of the molecule is Cc1cc(C(=O)O)ccc1NC(=O)C1CCC(C)CC1. The summed E-state index contributed by atoms with van der Waals surface area (Å²) in [5, 5.41) is 11.9. The molecule has 1 fully saturated rings. The van der Waals surface area contributed by atoms with E-state index in [0.29, 0.717) is 5.69 Å². The van der Waals surface area contributed by atoms with Crippen LogP contribution in [-0.4, -0.2) is 17.0 Å². The number of carbonyl (C=O) groups excluding carboxylic acids is 1. The highest BCUT2D eigenvalue weighted by Crippen LogP contribution is 2.29. The molecule has 0 aliphatic heterocycles. The molecule has 0 heterocycles. The average Bonchev–Trinajstić information content (AvgIpc) is 2.41. The third kappa shape index (κ3) is 3.38. The van der Waals surface area contributed by atoms with E-state index < -0.39 is 5.97 Å². The molecule has 0 aromatic heterocycles. The number of anilines is 1. The van der Waals surface area contributed by atoms with E-state index >= 15 is 0 Å². The van der Waals surface area contributed by atoms with Crippen LogP contribution in [0.3, 0.4) is 0 Å². The molecule has 1 aliphatic carbocycles. The van der Waals surface area contributed by atoms with Crippen molar-refractivity contribution in [2.75, 3.05) is 5.32 Å². The fraction of sp³-hybridized carbons (Fsp3) is 0.500. The number of amides is 1. The van der Waals surface area contributed by atoms with Crippen LogP contribution in [-0.2, 0) is 4.79 Å². The minimum absolute atomic E-state index is 0.0584. The lowest BCUT2D eigenvalue weighted by atomic mass is 9.82. The standard InChI is InChI=1S/C16H21NO3/c1-10-3-5-12(6-4-10)15(18)17-14-8-7-13(16(19)20)9-11(14)2/h7-10,12H,3-6H2,1-2H3,(H,17,18)(H,19,20). The molecule has 1 aliphatic rings. The van der Waals surface area contributed by atoms with Gasteiger partial charge in [-0.2, -0.15) is 0 Å². The molecule has 0 saturated heterocycles. The molecule has 20 heavy (non-hydrogen) atoms. The van der Waals surface area contributed by atoms with Crippen LogP contribution in [0.2, 0.25) is 0 Å². The van der Waals surface area contributed by atoms with Gasteiger partial charge in [-0.05, 0) is 62.3 Å². The van der Waals surface area contributed by atoms with Gasteiger partial charge in [-0.15, -0.1) is 0 Å². The van der Waals surface area contributed by atoms with Crippen molar-refractivity contribution >= 4 is 17.6 Å². The maximum absolute atomic E-state index is 12.2. The topological polar surface area (TPSA) is 66.4 Å². The first kappa shape index (κ1) is 14.6. The normalized spacial score (nSPS) is 22.3. The molecule has 0 bridgehead atoms. The van der Waals surface area contributed by atoms with Gasteiger partial charge < -0.3 is 10.4 Å². The fourth-order valence-electron chi connectivity index (χ4n) is 2.69. The van der Waals surface area contributed by atoms with E-state index in [4.69, 9.17) is 5.11 Å². The van der Waals surface area contributed by atoms with Gasteiger partial charge in [-0.3, -0.25) is 4.79 Å². The first-order valence-electron chi connectivity index (χ1n) is 7.12. The van der Waals surface area contributed by atoms with Crippen LogP contribution in [0.15, 0.2) is 18.2 Å². The number of benzene rings is 1. The number of aromatic carboxylic acids is 1. The third-order valence-electron chi connectivity index (χ3n) is 4.12. The fourth-order valence-corrected chi connectivity index (χ4v) is 2.69. The van der Waals surface area contributed by atoms with Crippen LogP contribution in [0.5, 0.6) is 0 Å². The number of hydrogen-bond acceptors (Lipinski definition) is 2. The number of carboxylic acids is 1. The van der Waals surface area contributed by atoms with Crippen molar-refractivity contribution < 1.29 is 14.7 Å². The summed E-state index contributed by atoms with van der Waals surface area (Å²) in [5.74, 6) is -0.0873. The molecular formula is C16H21NO3. The molecule has 2 N–H and O–H groups in total. The number of carbonyl (C=O) groups is 2. The number of rotatable bonds is 3. The minimum atomic E-state index is -0.952. The Kier molecular flexibility index (Phi) is 4.42. The summed E-state index contributed by atoms with van der Waals surface area (Å²) in [4.78, 5) is 23.1. The smallest absolute Gasteiger partial charge is 0.335 e. The molecule has 2 rings (SSSR count). The van der Waals surface area contributed by atoms with Gasteiger partial charge in [0.05, 0.1) is 5.56 Å². The molecule has 0 radical (unpaired) electrons. The summed E-state index contributed by atoms with van der Waals surface area (Å²) >= 11 is 0. The zero-order valence-electron chi connectivity index (χ0n) is 12.0. The number of nitrogens with one attached hydrogen (secondary N) is 1. The summed E-state index contributed by atoms with van der Waals surface area (Å²) in [6, 6.07) is 4.77. The lowest BCUT2D eigenvalue weighted by molar-refractivity contribution is -0.121. The van der Waals surface area contributed by atoms with Crippen molar-refractivity contribution in [3.05, 3.63) is 29.3 Å². The Labute approximate surface area is 119 Å². The van der Waals surface area contributed by atoms with E-state index in [0.717, 1.165) is 37.2 Å². The van der Waals surface area contributed by atoms with Crippen LogP contribution >= 0.6 is 0 Å². The highest BCUT2D eigenvalue weighted by atomic mass is 16.4. The lowest BCUT2D eigenvalue weighted by Gasteiger charge is -2.25. The summed E-state index contributed by atoms with van der Waals surface area (Å²) in [6.07, 6.45) is 4.10. The molecule has 0 atom stereocenters. The summed E-state index contributed by atoms with van der Waals surface area (Å²) in [7, 11) is 0. The Bertz CT molecular complexity index is 516. The molecule has 4 heteroatoms. The minimum Gasteiger partial charge on any atom is -0.478 e. The second-order valence-electron chi connectivity index (χ2n) is 5.78.